The summed E-state index contributed by atoms with van der Waals surface area (Å²) in [6.45, 7) is 3.91. The molecule has 2 fully saturated rings. The lowest BCUT2D eigenvalue weighted by Gasteiger charge is -2.24. The van der Waals surface area contributed by atoms with E-state index >= 15 is 0 Å². The fraction of sp³-hybridized carbons (Fsp3) is 0.579. The number of carbonyl (C=O) groups is 2. The van der Waals surface area contributed by atoms with Crippen LogP contribution in [0.1, 0.15) is 31.7 Å². The minimum atomic E-state index is -0.739. The number of carbonyl (C=O) groups excluding carboxylic acids is 2. The first-order valence-corrected chi connectivity index (χ1v) is 9.82. The lowest BCUT2D eigenvalue weighted by molar-refractivity contribution is -0.147. The van der Waals surface area contributed by atoms with E-state index in [1.165, 1.54) is 0 Å². The molecular formula is C19H24Cl2N2O3. The summed E-state index contributed by atoms with van der Waals surface area (Å²) in [5.74, 6) is -0.500. The number of benzene rings is 1. The number of nitrogens with one attached hydrogen (secondary N) is 2. The number of esters is 1. The third kappa shape index (κ3) is 4.51. The van der Waals surface area contributed by atoms with Gasteiger partial charge in [0.1, 0.15) is 6.04 Å². The van der Waals surface area contributed by atoms with Gasteiger partial charge in [-0.15, -0.1) is 0 Å². The van der Waals surface area contributed by atoms with Gasteiger partial charge in [-0.05, 0) is 68.5 Å². The highest BCUT2D eigenvalue weighted by Crippen LogP contribution is 2.58. The van der Waals surface area contributed by atoms with Crippen molar-refractivity contribution in [1.82, 2.24) is 10.6 Å². The van der Waals surface area contributed by atoms with Gasteiger partial charge in [-0.1, -0.05) is 23.2 Å². The first-order valence-electron chi connectivity index (χ1n) is 9.06. The standard InChI is InChI=1S/C19H24Cl2N2O3/c1-2-26-18(25)16(9-12-7-13(20)10-14(21)8-12)23-17(24)15-11-19(15)3-5-22-6-4-19/h7-8,10,15-16,22H,2-6,9,11H2,1H3,(H,23,24). The molecule has 2 aliphatic rings. The van der Waals surface area contributed by atoms with Gasteiger partial charge in [0.05, 0.1) is 6.61 Å². The van der Waals surface area contributed by atoms with Crippen LogP contribution < -0.4 is 10.6 Å². The van der Waals surface area contributed by atoms with E-state index < -0.39 is 12.0 Å². The van der Waals surface area contributed by atoms with Crippen LogP contribution in [0.3, 0.4) is 0 Å². The second-order valence-corrected chi connectivity index (χ2v) is 8.04. The first kappa shape index (κ1) is 19.5. The summed E-state index contributed by atoms with van der Waals surface area (Å²) in [6.07, 6.45) is 3.23. The van der Waals surface area contributed by atoms with Gasteiger partial charge in [0, 0.05) is 22.4 Å². The quantitative estimate of drug-likeness (QED) is 0.722. The van der Waals surface area contributed by atoms with Crippen molar-refractivity contribution in [1.29, 1.82) is 0 Å². The summed E-state index contributed by atoms with van der Waals surface area (Å²) >= 11 is 12.1. The Morgan fingerprint density at radius 1 is 1.27 bits per heavy atom. The van der Waals surface area contributed by atoms with E-state index in [-0.39, 0.29) is 23.8 Å². The summed E-state index contributed by atoms with van der Waals surface area (Å²) in [4.78, 5) is 25.1. The van der Waals surface area contributed by atoms with Crippen molar-refractivity contribution in [2.75, 3.05) is 19.7 Å². The molecule has 0 bridgehead atoms. The molecule has 1 heterocycles. The number of ether oxygens (including phenoxy) is 1. The largest absolute Gasteiger partial charge is 0.464 e. The molecule has 2 unspecified atom stereocenters. The Labute approximate surface area is 163 Å². The Morgan fingerprint density at radius 2 is 1.92 bits per heavy atom. The van der Waals surface area contributed by atoms with Gasteiger partial charge in [0.2, 0.25) is 5.91 Å². The summed E-state index contributed by atoms with van der Waals surface area (Å²) in [7, 11) is 0. The van der Waals surface area contributed by atoms with Crippen LogP contribution in [0.15, 0.2) is 18.2 Å². The minimum Gasteiger partial charge on any atom is -0.464 e. The van der Waals surface area contributed by atoms with Crippen LogP contribution in [-0.4, -0.2) is 37.6 Å². The van der Waals surface area contributed by atoms with Crippen LogP contribution in [0.4, 0.5) is 0 Å². The molecule has 1 saturated carbocycles. The highest BCUT2D eigenvalue weighted by molar-refractivity contribution is 6.34. The SMILES string of the molecule is CCOC(=O)C(Cc1cc(Cl)cc(Cl)c1)NC(=O)C1CC12CCNCC2. The second-order valence-electron chi connectivity index (χ2n) is 7.16. The Morgan fingerprint density at radius 3 is 2.54 bits per heavy atom. The van der Waals surface area contributed by atoms with Gasteiger partial charge in [-0.2, -0.15) is 0 Å². The van der Waals surface area contributed by atoms with Crippen LogP contribution in [0, 0.1) is 11.3 Å². The lowest BCUT2D eigenvalue weighted by Crippen LogP contribution is -2.45. The molecule has 3 rings (SSSR count). The van der Waals surface area contributed by atoms with Crippen molar-refractivity contribution in [2.45, 2.75) is 38.6 Å². The van der Waals surface area contributed by atoms with Crippen LogP contribution in [0.25, 0.3) is 0 Å². The van der Waals surface area contributed by atoms with E-state index in [9.17, 15) is 9.59 Å². The zero-order valence-electron chi connectivity index (χ0n) is 14.8. The predicted molar refractivity (Wildman–Crippen MR) is 101 cm³/mol. The number of piperidine rings is 1. The molecule has 1 aromatic rings. The molecule has 1 amide bonds. The summed E-state index contributed by atoms with van der Waals surface area (Å²) in [6, 6.07) is 4.39. The summed E-state index contributed by atoms with van der Waals surface area (Å²) in [5.41, 5.74) is 0.904. The Balaban J connectivity index is 1.68. The highest BCUT2D eigenvalue weighted by Gasteiger charge is 2.57. The molecule has 0 radical (unpaired) electrons. The van der Waals surface area contributed by atoms with E-state index in [0.717, 1.165) is 37.9 Å². The van der Waals surface area contributed by atoms with Crippen molar-refractivity contribution >= 4 is 35.1 Å². The number of hydrogen-bond donors (Lipinski definition) is 2. The van der Waals surface area contributed by atoms with Crippen LogP contribution in [-0.2, 0) is 20.7 Å². The van der Waals surface area contributed by atoms with Crippen molar-refractivity contribution in [3.8, 4) is 0 Å². The Hall–Kier alpha value is -1.30. The highest BCUT2D eigenvalue weighted by atomic mass is 35.5. The van der Waals surface area contributed by atoms with E-state index in [4.69, 9.17) is 27.9 Å². The first-order chi connectivity index (χ1) is 12.4. The molecule has 1 aliphatic heterocycles. The third-order valence-electron chi connectivity index (χ3n) is 5.36. The molecule has 7 heteroatoms. The Bertz CT molecular complexity index is 669. The number of amides is 1. The molecule has 5 nitrogen and oxygen atoms in total. The van der Waals surface area contributed by atoms with Gasteiger partial charge < -0.3 is 15.4 Å². The second kappa shape index (κ2) is 8.15. The molecule has 1 spiro atoms. The smallest absolute Gasteiger partial charge is 0.328 e. The molecule has 0 aromatic heterocycles. The fourth-order valence-electron chi connectivity index (χ4n) is 3.87. The van der Waals surface area contributed by atoms with Crippen molar-refractivity contribution < 1.29 is 14.3 Å². The van der Waals surface area contributed by atoms with Crippen molar-refractivity contribution in [2.24, 2.45) is 11.3 Å². The van der Waals surface area contributed by atoms with Crippen LogP contribution >= 0.6 is 23.2 Å². The van der Waals surface area contributed by atoms with Gasteiger partial charge >= 0.3 is 5.97 Å². The van der Waals surface area contributed by atoms with Gasteiger partial charge in [-0.25, -0.2) is 4.79 Å². The van der Waals surface area contributed by atoms with Gasteiger partial charge in [0.15, 0.2) is 0 Å². The van der Waals surface area contributed by atoms with E-state index in [2.05, 4.69) is 10.6 Å². The van der Waals surface area contributed by atoms with E-state index in [1.807, 2.05) is 0 Å². The maximum Gasteiger partial charge on any atom is 0.328 e. The van der Waals surface area contributed by atoms with Gasteiger partial charge in [-0.3, -0.25) is 4.79 Å². The number of rotatable bonds is 6. The molecule has 26 heavy (non-hydrogen) atoms. The maximum atomic E-state index is 12.7. The zero-order valence-corrected chi connectivity index (χ0v) is 16.3. The average Bonchev–Trinajstić information content (AvgIpc) is 3.27. The molecular weight excluding hydrogens is 375 g/mol. The van der Waals surface area contributed by atoms with Crippen molar-refractivity contribution in [3.05, 3.63) is 33.8 Å². The normalized spacial score (nSPS) is 21.9. The molecule has 1 aliphatic carbocycles. The molecule has 142 valence electrons. The van der Waals surface area contributed by atoms with Gasteiger partial charge in [0.25, 0.3) is 0 Å². The van der Waals surface area contributed by atoms with E-state index in [0.29, 0.717) is 16.5 Å². The Kier molecular flexibility index (Phi) is 6.10. The number of hydrogen-bond acceptors (Lipinski definition) is 4. The zero-order chi connectivity index (χ0) is 18.7. The number of halogens is 2. The topological polar surface area (TPSA) is 67.4 Å². The third-order valence-corrected chi connectivity index (χ3v) is 5.79. The molecule has 1 aromatic carbocycles. The lowest BCUT2D eigenvalue weighted by atomic mass is 9.91. The van der Waals surface area contributed by atoms with Crippen LogP contribution in [0.2, 0.25) is 10.0 Å². The minimum absolute atomic E-state index is 0.00974. The van der Waals surface area contributed by atoms with Crippen molar-refractivity contribution in [3.63, 3.8) is 0 Å². The molecule has 2 N–H and O–H groups in total. The predicted octanol–water partition coefficient (Wildman–Crippen LogP) is 2.97. The maximum absolute atomic E-state index is 12.7. The molecule has 2 atom stereocenters. The fourth-order valence-corrected chi connectivity index (χ4v) is 4.44. The van der Waals surface area contributed by atoms with E-state index in [1.54, 1.807) is 25.1 Å². The molecule has 1 saturated heterocycles. The average molecular weight is 399 g/mol. The monoisotopic (exact) mass is 398 g/mol. The van der Waals surface area contributed by atoms with Crippen LogP contribution in [0.5, 0.6) is 0 Å². The summed E-state index contributed by atoms with van der Waals surface area (Å²) < 4.78 is 5.15. The summed E-state index contributed by atoms with van der Waals surface area (Å²) in [5, 5.41) is 7.23.